The summed E-state index contributed by atoms with van der Waals surface area (Å²) in [5.74, 6) is -1.89. The minimum Gasteiger partial charge on any atom is -0.472 e. The molecule has 114 valence electrons. The van der Waals surface area contributed by atoms with Crippen molar-refractivity contribution < 1.29 is 21.6 Å². The smallest absolute Gasteiger partial charge is 0.243 e. The highest BCUT2D eigenvalue weighted by Crippen LogP contribution is 2.21. The first-order valence-corrected chi connectivity index (χ1v) is 7.56. The fraction of sp³-hybridized carbons (Fsp3) is 0.231. The van der Waals surface area contributed by atoms with Gasteiger partial charge in [-0.25, -0.2) is 21.9 Å². The first-order valence-electron chi connectivity index (χ1n) is 6.08. The number of hydrogen-bond acceptors (Lipinski definition) is 4. The van der Waals surface area contributed by atoms with Crippen molar-refractivity contribution in [3.8, 4) is 0 Å². The Morgan fingerprint density at radius 3 is 2.57 bits per heavy atom. The van der Waals surface area contributed by atoms with Crippen molar-refractivity contribution in [3.05, 3.63) is 53.5 Å². The average molecular weight is 316 g/mol. The average Bonchev–Trinajstić information content (AvgIpc) is 2.94. The molecule has 8 heteroatoms. The molecule has 21 heavy (non-hydrogen) atoms. The maximum Gasteiger partial charge on any atom is 0.243 e. The van der Waals surface area contributed by atoms with E-state index in [-0.39, 0.29) is 18.7 Å². The lowest BCUT2D eigenvalue weighted by Crippen LogP contribution is -2.25. The van der Waals surface area contributed by atoms with Gasteiger partial charge in [-0.15, -0.1) is 0 Å². The van der Waals surface area contributed by atoms with Crippen LogP contribution in [0.1, 0.15) is 11.1 Å². The minimum absolute atomic E-state index is 0.0446. The maximum absolute atomic E-state index is 14.2. The molecule has 1 aromatic carbocycles. The monoisotopic (exact) mass is 316 g/mol. The van der Waals surface area contributed by atoms with Crippen LogP contribution < -0.4 is 10.0 Å². The van der Waals surface area contributed by atoms with Crippen molar-refractivity contribution in [1.29, 1.82) is 0 Å². The van der Waals surface area contributed by atoms with Gasteiger partial charge in [0, 0.05) is 24.2 Å². The molecule has 0 amide bonds. The predicted octanol–water partition coefficient (Wildman–Crippen LogP) is 1.76. The van der Waals surface area contributed by atoms with E-state index in [1.54, 1.807) is 6.07 Å². The normalized spacial score (nSPS) is 11.8. The molecule has 0 spiro atoms. The Hall–Kier alpha value is -1.77. The largest absolute Gasteiger partial charge is 0.472 e. The lowest BCUT2D eigenvalue weighted by Gasteiger charge is -2.10. The van der Waals surface area contributed by atoms with Crippen LogP contribution in [0.2, 0.25) is 0 Å². The van der Waals surface area contributed by atoms with Gasteiger partial charge in [-0.1, -0.05) is 0 Å². The molecular weight excluding hydrogens is 302 g/mol. The summed E-state index contributed by atoms with van der Waals surface area (Å²) in [6.45, 7) is -0.153. The molecule has 2 rings (SSSR count). The van der Waals surface area contributed by atoms with E-state index in [0.29, 0.717) is 5.56 Å². The van der Waals surface area contributed by atoms with Crippen LogP contribution in [0.25, 0.3) is 0 Å². The number of hydrogen-bond donors (Lipinski definition) is 2. The highest BCUT2D eigenvalue weighted by atomic mass is 32.2. The molecule has 0 aliphatic carbocycles. The summed E-state index contributed by atoms with van der Waals surface area (Å²) >= 11 is 0. The summed E-state index contributed by atoms with van der Waals surface area (Å²) in [5.41, 5.74) is 0.278. The number of nitrogens with one attached hydrogen (secondary N) is 2. The lowest BCUT2D eigenvalue weighted by atomic mass is 10.2. The molecule has 2 N–H and O–H groups in total. The molecular formula is C13H14F2N2O3S. The third-order valence-electron chi connectivity index (χ3n) is 2.84. The second kappa shape index (κ2) is 6.33. The van der Waals surface area contributed by atoms with E-state index in [9.17, 15) is 17.2 Å². The second-order valence-electron chi connectivity index (χ2n) is 4.32. The van der Waals surface area contributed by atoms with Crippen molar-refractivity contribution in [1.82, 2.24) is 10.0 Å². The predicted molar refractivity (Wildman–Crippen MR) is 71.9 cm³/mol. The lowest BCUT2D eigenvalue weighted by molar-refractivity contribution is 0.517. The van der Waals surface area contributed by atoms with Gasteiger partial charge in [0.15, 0.2) is 5.82 Å². The third kappa shape index (κ3) is 3.46. The van der Waals surface area contributed by atoms with Gasteiger partial charge >= 0.3 is 0 Å². The molecule has 0 aliphatic rings. The van der Waals surface area contributed by atoms with Gasteiger partial charge in [-0.05, 0) is 25.2 Å². The topological polar surface area (TPSA) is 71.3 Å². The Balaban J connectivity index is 2.29. The van der Waals surface area contributed by atoms with Crippen molar-refractivity contribution in [2.45, 2.75) is 18.0 Å². The van der Waals surface area contributed by atoms with Crippen molar-refractivity contribution in [2.75, 3.05) is 7.05 Å². The van der Waals surface area contributed by atoms with Crippen LogP contribution in [0.5, 0.6) is 0 Å². The van der Waals surface area contributed by atoms with E-state index in [4.69, 9.17) is 4.42 Å². The number of rotatable bonds is 6. The zero-order valence-electron chi connectivity index (χ0n) is 11.2. The number of benzene rings is 1. The summed E-state index contributed by atoms with van der Waals surface area (Å²) in [6.07, 6.45) is 2.77. The fourth-order valence-electron chi connectivity index (χ4n) is 1.77. The fourth-order valence-corrected chi connectivity index (χ4v) is 2.89. The van der Waals surface area contributed by atoms with E-state index in [1.807, 2.05) is 0 Å². The molecule has 0 unspecified atom stereocenters. The molecule has 0 aliphatic heterocycles. The van der Waals surface area contributed by atoms with Gasteiger partial charge in [0.05, 0.1) is 12.5 Å². The summed E-state index contributed by atoms with van der Waals surface area (Å²) < 4.78 is 58.9. The molecule has 0 fully saturated rings. The number of furan rings is 1. The first kappa shape index (κ1) is 15.6. The van der Waals surface area contributed by atoms with Crippen molar-refractivity contribution >= 4 is 10.0 Å². The van der Waals surface area contributed by atoms with Crippen LogP contribution in [0.4, 0.5) is 8.78 Å². The Morgan fingerprint density at radius 2 is 1.95 bits per heavy atom. The second-order valence-corrected chi connectivity index (χ2v) is 6.06. The number of halogens is 2. The maximum atomic E-state index is 14.2. The standard InChI is InChI=1S/C13H14F2N2O3S/c1-16-7-10-11(14)2-3-12(13(10)15)21(18,19)17-6-9-4-5-20-8-9/h2-5,8,16-17H,6-7H2,1H3. The summed E-state index contributed by atoms with van der Waals surface area (Å²) in [6, 6.07) is 3.42. The van der Waals surface area contributed by atoms with E-state index in [0.717, 1.165) is 12.1 Å². The molecule has 0 bridgehead atoms. The molecule has 5 nitrogen and oxygen atoms in total. The zero-order valence-corrected chi connectivity index (χ0v) is 12.0. The Bertz CT molecular complexity index is 715. The minimum atomic E-state index is -4.09. The van der Waals surface area contributed by atoms with Crippen LogP contribution in [-0.4, -0.2) is 15.5 Å². The van der Waals surface area contributed by atoms with Crippen molar-refractivity contribution in [2.24, 2.45) is 0 Å². The third-order valence-corrected chi connectivity index (χ3v) is 4.26. The van der Waals surface area contributed by atoms with Crippen molar-refractivity contribution in [3.63, 3.8) is 0 Å². The summed E-state index contributed by atoms with van der Waals surface area (Å²) in [7, 11) is -2.57. The molecule has 1 heterocycles. The SMILES string of the molecule is CNCc1c(F)ccc(S(=O)(=O)NCc2ccoc2)c1F. The van der Waals surface area contributed by atoms with E-state index < -0.39 is 26.6 Å². The number of sulfonamides is 1. The summed E-state index contributed by atoms with van der Waals surface area (Å²) in [5, 5.41) is 2.59. The molecule has 0 atom stereocenters. The molecule has 2 aromatic rings. The Labute approximate surface area is 121 Å². The van der Waals surface area contributed by atoms with Gasteiger partial charge in [0.1, 0.15) is 10.7 Å². The van der Waals surface area contributed by atoms with E-state index in [1.165, 1.54) is 19.6 Å². The first-order chi connectivity index (χ1) is 9.95. The van der Waals surface area contributed by atoms with Crippen LogP contribution in [0, 0.1) is 11.6 Å². The summed E-state index contributed by atoms with van der Waals surface area (Å²) in [4.78, 5) is -0.586. The van der Waals surface area contributed by atoms with Crippen LogP contribution >= 0.6 is 0 Å². The molecule has 1 aromatic heterocycles. The van der Waals surface area contributed by atoms with Crippen LogP contribution in [0.15, 0.2) is 40.0 Å². The Kier molecular flexibility index (Phi) is 4.71. The van der Waals surface area contributed by atoms with Gasteiger partial charge < -0.3 is 9.73 Å². The quantitative estimate of drug-likeness (QED) is 0.852. The molecule has 0 saturated carbocycles. The van der Waals surface area contributed by atoms with Gasteiger partial charge in [-0.2, -0.15) is 0 Å². The highest BCUT2D eigenvalue weighted by molar-refractivity contribution is 7.89. The van der Waals surface area contributed by atoms with Crippen LogP contribution in [0.3, 0.4) is 0 Å². The van der Waals surface area contributed by atoms with E-state index in [2.05, 4.69) is 10.0 Å². The highest BCUT2D eigenvalue weighted by Gasteiger charge is 2.23. The van der Waals surface area contributed by atoms with Gasteiger partial charge in [0.25, 0.3) is 0 Å². The molecule has 0 saturated heterocycles. The Morgan fingerprint density at radius 1 is 1.19 bits per heavy atom. The van der Waals surface area contributed by atoms with Gasteiger partial charge in [0.2, 0.25) is 10.0 Å². The van der Waals surface area contributed by atoms with Gasteiger partial charge in [-0.3, -0.25) is 0 Å². The molecule has 0 radical (unpaired) electrons. The van der Waals surface area contributed by atoms with Crippen LogP contribution in [-0.2, 0) is 23.1 Å². The zero-order chi connectivity index (χ0) is 15.5. The van der Waals surface area contributed by atoms with E-state index >= 15 is 0 Å².